The highest BCUT2D eigenvalue weighted by Gasteiger charge is 2.20. The van der Waals surface area contributed by atoms with Gasteiger partial charge in [-0.2, -0.15) is 5.26 Å². The van der Waals surface area contributed by atoms with E-state index in [2.05, 4.69) is 11.1 Å². The first-order valence-electron chi connectivity index (χ1n) is 7.63. The number of anilines is 1. The third kappa shape index (κ3) is 2.93. The first-order valence-corrected chi connectivity index (χ1v) is 7.63. The van der Waals surface area contributed by atoms with Crippen LogP contribution in [0.1, 0.15) is 16.9 Å². The Hall–Kier alpha value is -3.30. The van der Waals surface area contributed by atoms with Gasteiger partial charge in [0.05, 0.1) is 12.8 Å². The fourth-order valence-electron chi connectivity index (χ4n) is 2.74. The molecule has 126 valence electrons. The number of methoxy groups -OCH3 is 1. The molecule has 0 aliphatic heterocycles. The summed E-state index contributed by atoms with van der Waals surface area (Å²) in [7, 11) is 1.60. The number of aromatic nitrogens is 1. The van der Waals surface area contributed by atoms with Gasteiger partial charge in [0.25, 0.3) is 0 Å². The minimum atomic E-state index is -0.215. The van der Waals surface area contributed by atoms with Crippen LogP contribution in [0, 0.1) is 18.3 Å². The number of rotatable bonds is 4. The van der Waals surface area contributed by atoms with Crippen LogP contribution in [0.2, 0.25) is 0 Å². The molecule has 0 amide bonds. The summed E-state index contributed by atoms with van der Waals surface area (Å²) in [6.07, 6.45) is 0. The zero-order valence-corrected chi connectivity index (χ0v) is 13.9. The van der Waals surface area contributed by atoms with E-state index in [1.807, 2.05) is 31.2 Å². The largest absolute Gasteiger partial charge is 0.497 e. The van der Waals surface area contributed by atoms with Gasteiger partial charge in [-0.05, 0) is 48.9 Å². The minimum Gasteiger partial charge on any atom is -0.497 e. The molecule has 3 aromatic rings. The van der Waals surface area contributed by atoms with Crippen molar-refractivity contribution in [3.8, 4) is 34.4 Å². The van der Waals surface area contributed by atoms with Crippen LogP contribution < -0.4 is 10.5 Å². The van der Waals surface area contributed by atoms with Crippen molar-refractivity contribution in [1.82, 2.24) is 4.98 Å². The smallest absolute Gasteiger partial charge is 0.142 e. The van der Waals surface area contributed by atoms with Crippen molar-refractivity contribution >= 4 is 5.82 Å². The van der Waals surface area contributed by atoms with E-state index in [0.29, 0.717) is 22.8 Å². The number of nitrogens with two attached hydrogens (primary N) is 1. The zero-order chi connectivity index (χ0) is 18.0. The Morgan fingerprint density at radius 2 is 1.96 bits per heavy atom. The average molecular weight is 335 g/mol. The topological polar surface area (TPSA) is 105 Å². The Balaban J connectivity index is 2.23. The van der Waals surface area contributed by atoms with Gasteiger partial charge in [-0.15, -0.1) is 0 Å². The Morgan fingerprint density at radius 1 is 1.24 bits per heavy atom. The second kappa shape index (κ2) is 6.67. The molecule has 3 rings (SSSR count). The molecule has 0 unspecified atom stereocenters. The van der Waals surface area contributed by atoms with Crippen LogP contribution in [-0.2, 0) is 6.61 Å². The number of benzene rings is 1. The van der Waals surface area contributed by atoms with Crippen molar-refractivity contribution in [2.24, 2.45) is 0 Å². The van der Waals surface area contributed by atoms with Crippen LogP contribution in [0.25, 0.3) is 22.6 Å². The predicted octanol–water partition coefficient (Wildman–Crippen LogP) is 3.27. The number of hydrogen-bond acceptors (Lipinski definition) is 6. The second-order valence-electron chi connectivity index (χ2n) is 5.49. The van der Waals surface area contributed by atoms with E-state index >= 15 is 0 Å². The van der Waals surface area contributed by atoms with E-state index in [4.69, 9.17) is 14.9 Å². The SMILES string of the molecule is COc1ccc(-c2nc(N)c(C#N)c(-c3ccc(CO)o3)c2C)cc1. The number of ether oxygens (including phenoxy) is 1. The van der Waals surface area contributed by atoms with Crippen LogP contribution in [0.5, 0.6) is 5.75 Å². The molecule has 6 heteroatoms. The summed E-state index contributed by atoms with van der Waals surface area (Å²) in [5.41, 5.74) is 9.15. The molecule has 0 bridgehead atoms. The van der Waals surface area contributed by atoms with E-state index in [1.54, 1.807) is 19.2 Å². The highest BCUT2D eigenvalue weighted by atomic mass is 16.5. The van der Waals surface area contributed by atoms with Gasteiger partial charge in [0.2, 0.25) is 0 Å². The fraction of sp³-hybridized carbons (Fsp3) is 0.158. The summed E-state index contributed by atoms with van der Waals surface area (Å²) in [6.45, 7) is 1.65. The fourth-order valence-corrected chi connectivity index (χ4v) is 2.74. The monoisotopic (exact) mass is 335 g/mol. The van der Waals surface area contributed by atoms with E-state index < -0.39 is 0 Å². The lowest BCUT2D eigenvalue weighted by molar-refractivity contribution is 0.248. The molecular weight excluding hydrogens is 318 g/mol. The number of hydrogen-bond donors (Lipinski definition) is 2. The van der Waals surface area contributed by atoms with Crippen molar-refractivity contribution in [3.05, 3.63) is 53.3 Å². The number of pyridine rings is 1. The normalized spacial score (nSPS) is 10.5. The Labute approximate surface area is 145 Å². The van der Waals surface area contributed by atoms with Crippen LogP contribution in [0.4, 0.5) is 5.82 Å². The van der Waals surface area contributed by atoms with E-state index in [0.717, 1.165) is 16.9 Å². The maximum atomic E-state index is 9.50. The summed E-state index contributed by atoms with van der Waals surface area (Å²) in [5.74, 6) is 1.76. The van der Waals surface area contributed by atoms with Crippen molar-refractivity contribution in [2.45, 2.75) is 13.5 Å². The van der Waals surface area contributed by atoms with Crippen molar-refractivity contribution < 1.29 is 14.3 Å². The number of furan rings is 1. The predicted molar refractivity (Wildman–Crippen MR) is 93.7 cm³/mol. The van der Waals surface area contributed by atoms with Gasteiger partial charge in [0.1, 0.15) is 41.3 Å². The van der Waals surface area contributed by atoms with Gasteiger partial charge in [0, 0.05) is 11.1 Å². The highest BCUT2D eigenvalue weighted by Crippen LogP contribution is 2.36. The summed E-state index contributed by atoms with van der Waals surface area (Å²) < 4.78 is 10.8. The van der Waals surface area contributed by atoms with Crippen LogP contribution in [0.3, 0.4) is 0 Å². The van der Waals surface area contributed by atoms with Gasteiger partial charge < -0.3 is 20.0 Å². The summed E-state index contributed by atoms with van der Waals surface area (Å²) in [6, 6.07) is 12.9. The number of aliphatic hydroxyl groups is 1. The maximum Gasteiger partial charge on any atom is 0.142 e. The molecule has 1 aromatic carbocycles. The van der Waals surface area contributed by atoms with Gasteiger partial charge in [-0.25, -0.2) is 4.98 Å². The molecule has 2 aromatic heterocycles. The molecule has 0 fully saturated rings. The van der Waals surface area contributed by atoms with E-state index in [9.17, 15) is 10.4 Å². The number of nitriles is 1. The molecule has 2 heterocycles. The van der Waals surface area contributed by atoms with Gasteiger partial charge >= 0.3 is 0 Å². The molecule has 0 radical (unpaired) electrons. The van der Waals surface area contributed by atoms with Crippen LogP contribution in [-0.4, -0.2) is 17.2 Å². The quantitative estimate of drug-likeness (QED) is 0.758. The molecule has 0 spiro atoms. The summed E-state index contributed by atoms with van der Waals surface area (Å²) >= 11 is 0. The Morgan fingerprint density at radius 3 is 2.52 bits per heavy atom. The molecule has 25 heavy (non-hydrogen) atoms. The molecule has 6 nitrogen and oxygen atoms in total. The van der Waals surface area contributed by atoms with Gasteiger partial charge in [-0.3, -0.25) is 0 Å². The zero-order valence-electron chi connectivity index (χ0n) is 13.9. The van der Waals surface area contributed by atoms with E-state index in [-0.39, 0.29) is 18.0 Å². The van der Waals surface area contributed by atoms with Crippen molar-refractivity contribution in [3.63, 3.8) is 0 Å². The van der Waals surface area contributed by atoms with Crippen molar-refractivity contribution in [2.75, 3.05) is 12.8 Å². The molecule has 0 aliphatic carbocycles. The maximum absolute atomic E-state index is 9.50. The number of nitrogens with zero attached hydrogens (tertiary/aromatic N) is 2. The summed E-state index contributed by atoms with van der Waals surface area (Å²) in [5, 5.41) is 18.7. The lowest BCUT2D eigenvalue weighted by Crippen LogP contribution is -2.03. The highest BCUT2D eigenvalue weighted by molar-refractivity contribution is 5.82. The third-order valence-electron chi connectivity index (χ3n) is 4.01. The first-order chi connectivity index (χ1) is 12.1. The van der Waals surface area contributed by atoms with Crippen LogP contribution in [0.15, 0.2) is 40.8 Å². The molecule has 0 saturated carbocycles. The Bertz CT molecular complexity index is 953. The lowest BCUT2D eigenvalue weighted by atomic mass is 9.96. The number of aliphatic hydroxyl groups excluding tert-OH is 1. The second-order valence-corrected chi connectivity index (χ2v) is 5.49. The molecule has 3 N–H and O–H groups in total. The Kier molecular flexibility index (Phi) is 4.42. The first kappa shape index (κ1) is 16.6. The molecule has 0 aliphatic rings. The van der Waals surface area contributed by atoms with Gasteiger partial charge in [0.15, 0.2) is 0 Å². The lowest BCUT2D eigenvalue weighted by Gasteiger charge is -2.13. The number of nitrogen functional groups attached to an aromatic ring is 1. The molecular formula is C19H17N3O3. The molecule has 0 saturated heterocycles. The molecule has 0 atom stereocenters. The van der Waals surface area contributed by atoms with E-state index in [1.165, 1.54) is 0 Å². The third-order valence-corrected chi connectivity index (χ3v) is 4.01. The van der Waals surface area contributed by atoms with Gasteiger partial charge in [-0.1, -0.05) is 0 Å². The average Bonchev–Trinajstić information content (AvgIpc) is 3.11. The van der Waals surface area contributed by atoms with Crippen molar-refractivity contribution in [1.29, 1.82) is 5.26 Å². The summed E-state index contributed by atoms with van der Waals surface area (Å²) in [4.78, 5) is 4.41. The van der Waals surface area contributed by atoms with Crippen LogP contribution >= 0.6 is 0 Å². The minimum absolute atomic E-state index is 0.135. The standard InChI is InChI=1S/C19H17N3O3/c1-11-17(16-8-7-14(10-23)25-16)15(9-20)19(21)22-18(11)12-3-5-13(24-2)6-4-12/h3-8,23H,10H2,1-2H3,(H2,21,22).